The lowest BCUT2D eigenvalue weighted by Crippen LogP contribution is -1.96. The van der Waals surface area contributed by atoms with E-state index in [1.54, 1.807) is 0 Å². The van der Waals surface area contributed by atoms with E-state index in [0.717, 1.165) is 13.0 Å². The second kappa shape index (κ2) is 4.14. The predicted molar refractivity (Wildman–Crippen MR) is 47.3 cm³/mol. The van der Waals surface area contributed by atoms with E-state index in [4.69, 9.17) is 0 Å². The smallest absolute Gasteiger partial charge is 0.123 e. The highest BCUT2D eigenvalue weighted by molar-refractivity contribution is 5.21. The first-order valence-corrected chi connectivity index (χ1v) is 3.81. The minimum Gasteiger partial charge on any atom is -0.581 e. The summed E-state index contributed by atoms with van der Waals surface area (Å²) in [5, 5.41) is 0. The molecule has 0 heterocycles. The number of aryl methyl sites for hydroxylation is 1. The Morgan fingerprint density at radius 1 is 1.27 bits per heavy atom. The van der Waals surface area contributed by atoms with E-state index >= 15 is 0 Å². The molecule has 60 valence electrons. The zero-order valence-electron chi connectivity index (χ0n) is 6.88. The molecule has 1 rings (SSSR count). The summed E-state index contributed by atoms with van der Waals surface area (Å²) < 4.78 is 3.80. The van der Waals surface area contributed by atoms with Crippen LogP contribution in [0.3, 0.4) is 0 Å². The van der Waals surface area contributed by atoms with Gasteiger partial charge >= 0.3 is 0 Å². The molecule has 1 aromatic rings. The largest absolute Gasteiger partial charge is 0.581 e. The van der Waals surface area contributed by atoms with Crippen LogP contribution in [0, 0.1) is 14.0 Å². The maximum atomic E-state index is 3.80. The Labute approximate surface area is 68.0 Å². The monoisotopic (exact) mass is 150 g/mol. The first-order valence-electron chi connectivity index (χ1n) is 3.81. The van der Waals surface area contributed by atoms with Crippen molar-refractivity contribution in [1.82, 2.24) is 0 Å². The molecule has 1 heteroatoms. The predicted octanol–water partition coefficient (Wildman–Crippen LogP) is 1.86. The van der Waals surface area contributed by atoms with Crippen molar-refractivity contribution in [3.05, 3.63) is 42.5 Å². The van der Waals surface area contributed by atoms with Crippen molar-refractivity contribution < 1.29 is 4.74 Å². The van der Waals surface area contributed by atoms with Gasteiger partial charge in [-0.3, -0.25) is 0 Å². The fourth-order valence-electron chi connectivity index (χ4n) is 0.963. The molecule has 0 aliphatic rings. The van der Waals surface area contributed by atoms with Crippen LogP contribution in [0.25, 0.3) is 0 Å². The van der Waals surface area contributed by atoms with Crippen molar-refractivity contribution in [2.24, 2.45) is 0 Å². The molecule has 0 bridgehead atoms. The number of hydrogen-bond acceptors (Lipinski definition) is 0. The Morgan fingerprint density at radius 3 is 2.45 bits per heavy atom. The molecule has 0 aliphatic heterocycles. The standard InChI is InChI=1S/C10H14O/c1-9-3-5-10(6-4-9)7-8-11-2/h3-6,11H,2,7-8H2,1H3. The van der Waals surface area contributed by atoms with Gasteiger partial charge < -0.3 is 4.74 Å². The zero-order chi connectivity index (χ0) is 8.10. The number of aliphatic hydroxyl groups is 2. The van der Waals surface area contributed by atoms with E-state index in [-0.39, 0.29) is 0 Å². The fraction of sp³-hybridized carbons (Fsp3) is 0.300. The van der Waals surface area contributed by atoms with Crippen LogP contribution in [-0.2, 0) is 6.42 Å². The fourth-order valence-corrected chi connectivity index (χ4v) is 0.963. The topological polar surface area (TPSA) is 12.8 Å². The van der Waals surface area contributed by atoms with Gasteiger partial charge in [-0.25, -0.2) is 0 Å². The third-order valence-electron chi connectivity index (χ3n) is 1.68. The van der Waals surface area contributed by atoms with Crippen molar-refractivity contribution >= 4 is 0 Å². The molecular weight excluding hydrogens is 136 g/mol. The van der Waals surface area contributed by atoms with Crippen LogP contribution in [-0.4, -0.2) is 11.3 Å². The summed E-state index contributed by atoms with van der Waals surface area (Å²) in [6, 6.07) is 8.53. The highest BCUT2D eigenvalue weighted by Gasteiger charge is 1.91. The second-order valence-electron chi connectivity index (χ2n) is 2.68. The van der Waals surface area contributed by atoms with Gasteiger partial charge in [0.15, 0.2) is 0 Å². The summed E-state index contributed by atoms with van der Waals surface area (Å²) in [6.07, 6.45) is 1.00. The van der Waals surface area contributed by atoms with Gasteiger partial charge in [-0.15, -0.1) is 0 Å². The molecule has 0 spiro atoms. The van der Waals surface area contributed by atoms with E-state index in [0.29, 0.717) is 0 Å². The molecule has 0 aliphatic carbocycles. The van der Waals surface area contributed by atoms with Crippen molar-refractivity contribution in [2.75, 3.05) is 6.61 Å². The summed E-state index contributed by atoms with van der Waals surface area (Å²) in [4.78, 5) is 0. The summed E-state index contributed by atoms with van der Waals surface area (Å²) in [6.45, 7) is 2.92. The van der Waals surface area contributed by atoms with Crippen LogP contribution < -0.4 is 0 Å². The average Bonchev–Trinajstić information content (AvgIpc) is 2.04. The van der Waals surface area contributed by atoms with Crippen LogP contribution in [0.2, 0.25) is 0 Å². The van der Waals surface area contributed by atoms with E-state index < -0.39 is 0 Å². The molecule has 0 radical (unpaired) electrons. The van der Waals surface area contributed by atoms with Gasteiger partial charge in [0.05, 0.1) is 0 Å². The molecule has 11 heavy (non-hydrogen) atoms. The molecule has 1 N–H and O–H groups in total. The van der Waals surface area contributed by atoms with Gasteiger partial charge in [0.2, 0.25) is 0 Å². The highest BCUT2D eigenvalue weighted by Crippen LogP contribution is 2.03. The molecule has 0 atom stereocenters. The number of ether oxygens (including phenoxy) is 1. The summed E-state index contributed by atoms with van der Waals surface area (Å²) in [7, 11) is 3.44. The third kappa shape index (κ3) is 2.72. The minimum atomic E-state index is 0.822. The van der Waals surface area contributed by atoms with Crippen LogP contribution in [0.5, 0.6) is 0 Å². The van der Waals surface area contributed by atoms with Crippen molar-refractivity contribution in [2.45, 2.75) is 13.3 Å². The lowest BCUT2D eigenvalue weighted by atomic mass is 10.1. The number of hydrogen-bond donors (Lipinski definition) is 0. The van der Waals surface area contributed by atoms with Crippen molar-refractivity contribution in [3.63, 3.8) is 0 Å². The van der Waals surface area contributed by atoms with Gasteiger partial charge in [0, 0.05) is 6.42 Å². The van der Waals surface area contributed by atoms with E-state index in [2.05, 4.69) is 43.0 Å². The van der Waals surface area contributed by atoms with Gasteiger partial charge in [-0.1, -0.05) is 36.9 Å². The molecule has 0 aromatic heterocycles. The van der Waals surface area contributed by atoms with Crippen LogP contribution in [0.1, 0.15) is 11.1 Å². The molecular formula is C10H14O. The van der Waals surface area contributed by atoms with Crippen molar-refractivity contribution in [1.29, 1.82) is 0 Å². The quantitative estimate of drug-likeness (QED) is 0.461. The van der Waals surface area contributed by atoms with Crippen LogP contribution >= 0.6 is 0 Å². The van der Waals surface area contributed by atoms with Crippen LogP contribution in [0.4, 0.5) is 0 Å². The molecule has 0 amide bonds. The minimum absolute atomic E-state index is 0.822. The second-order valence-corrected chi connectivity index (χ2v) is 2.68. The molecule has 0 saturated carbocycles. The molecule has 1 aromatic carbocycles. The average molecular weight is 150 g/mol. The number of benzene rings is 1. The maximum Gasteiger partial charge on any atom is 0.123 e. The van der Waals surface area contributed by atoms with E-state index in [1.165, 1.54) is 11.1 Å². The Morgan fingerprint density at radius 2 is 1.91 bits per heavy atom. The summed E-state index contributed by atoms with van der Waals surface area (Å²) >= 11 is 0. The Kier molecular flexibility index (Phi) is 3.12. The first-order chi connectivity index (χ1) is 5.33. The Hall–Kier alpha value is -0.820. The lowest BCUT2D eigenvalue weighted by molar-refractivity contribution is 0.0592. The van der Waals surface area contributed by atoms with Crippen molar-refractivity contribution in [3.8, 4) is 0 Å². The van der Waals surface area contributed by atoms with E-state index in [1.807, 2.05) is 0 Å². The summed E-state index contributed by atoms with van der Waals surface area (Å²) in [5.41, 5.74) is 2.64. The number of rotatable bonds is 3. The maximum absolute atomic E-state index is 3.80. The summed E-state index contributed by atoms with van der Waals surface area (Å²) in [5.74, 6) is 0. The normalized spacial score (nSPS) is 10.0. The van der Waals surface area contributed by atoms with Crippen LogP contribution in [0.15, 0.2) is 24.3 Å². The Balaban J connectivity index is 2.52. The Bertz CT molecular complexity index is 201. The van der Waals surface area contributed by atoms with Gasteiger partial charge in [-0.05, 0) is 12.5 Å². The zero-order valence-corrected chi connectivity index (χ0v) is 6.88. The lowest BCUT2D eigenvalue weighted by Gasteiger charge is -2.00. The van der Waals surface area contributed by atoms with E-state index in [9.17, 15) is 0 Å². The molecule has 0 saturated heterocycles. The molecule has 1 nitrogen and oxygen atoms in total. The van der Waals surface area contributed by atoms with Gasteiger partial charge in [0.1, 0.15) is 6.61 Å². The molecule has 0 unspecified atom stereocenters. The van der Waals surface area contributed by atoms with Gasteiger partial charge in [-0.2, -0.15) is 0 Å². The molecule has 0 fully saturated rings. The SMILES string of the molecule is [CH2-][OH+]CCc1ccc(C)cc1. The highest BCUT2D eigenvalue weighted by atomic mass is 16.5. The van der Waals surface area contributed by atoms with Gasteiger partial charge in [0.25, 0.3) is 0 Å². The third-order valence-corrected chi connectivity index (χ3v) is 1.68. The first kappa shape index (κ1) is 8.28.